The summed E-state index contributed by atoms with van der Waals surface area (Å²) in [6, 6.07) is 0. The van der Waals surface area contributed by atoms with Gasteiger partial charge >= 0.3 is 0 Å². The van der Waals surface area contributed by atoms with Crippen molar-refractivity contribution in [3.05, 3.63) is 41.9 Å². The molecule has 22 heavy (non-hydrogen) atoms. The maximum Gasteiger partial charge on any atom is 0.237 e. The van der Waals surface area contributed by atoms with Gasteiger partial charge in [-0.2, -0.15) is 4.98 Å². The van der Waals surface area contributed by atoms with Crippen LogP contribution < -0.4 is 15.9 Å². The van der Waals surface area contributed by atoms with Crippen molar-refractivity contribution in [1.29, 1.82) is 0 Å². The fourth-order valence-corrected chi connectivity index (χ4v) is 1.79. The van der Waals surface area contributed by atoms with Gasteiger partial charge in [0.1, 0.15) is 12.1 Å². The van der Waals surface area contributed by atoms with E-state index >= 15 is 0 Å². The van der Waals surface area contributed by atoms with Gasteiger partial charge in [-0.05, 0) is 6.08 Å². The molecular formula is C15H19N5O2. The standard InChI is InChI=1S/C15H19N5O2/c1-3-4-13-12(2)14(17-6-9-22-10-8-21)19-15(18-13)20-7-5-16-11-20/h3-5,7,11,21H,1-2,6,8-10H2,(H,17,18,19)/b13-4+. The second kappa shape index (κ2) is 8.06. The fourth-order valence-electron chi connectivity index (χ4n) is 1.79. The molecule has 0 atom stereocenters. The van der Waals surface area contributed by atoms with E-state index < -0.39 is 0 Å². The Bertz CT molecular complexity index is 712. The maximum absolute atomic E-state index is 8.67. The van der Waals surface area contributed by atoms with Crippen LogP contribution in [0.15, 0.2) is 31.4 Å². The van der Waals surface area contributed by atoms with Crippen molar-refractivity contribution >= 4 is 18.5 Å². The number of anilines is 1. The zero-order valence-electron chi connectivity index (χ0n) is 12.3. The van der Waals surface area contributed by atoms with Crippen LogP contribution >= 0.6 is 0 Å². The molecule has 2 heterocycles. The molecule has 0 unspecified atom stereocenters. The summed E-state index contributed by atoms with van der Waals surface area (Å²) in [5.41, 5.74) is 0. The van der Waals surface area contributed by atoms with Crippen molar-refractivity contribution in [2.24, 2.45) is 0 Å². The van der Waals surface area contributed by atoms with Gasteiger partial charge in [-0.25, -0.2) is 9.97 Å². The number of hydrogen-bond acceptors (Lipinski definition) is 6. The molecule has 7 heteroatoms. The lowest BCUT2D eigenvalue weighted by molar-refractivity contribution is 0.0992. The average Bonchev–Trinajstić information content (AvgIpc) is 3.05. The monoisotopic (exact) mass is 301 g/mol. The molecule has 7 nitrogen and oxygen atoms in total. The molecule has 2 rings (SSSR count). The molecule has 0 aliphatic rings. The lowest BCUT2D eigenvalue weighted by Crippen LogP contribution is -2.33. The molecule has 0 amide bonds. The Hall–Kier alpha value is -2.51. The van der Waals surface area contributed by atoms with Gasteiger partial charge in [0.15, 0.2) is 0 Å². The third-order valence-electron chi connectivity index (χ3n) is 2.81. The summed E-state index contributed by atoms with van der Waals surface area (Å²) in [6.07, 6.45) is 8.49. The maximum atomic E-state index is 8.67. The quantitative estimate of drug-likeness (QED) is 0.637. The van der Waals surface area contributed by atoms with Crippen LogP contribution in [0.3, 0.4) is 0 Å². The molecule has 116 valence electrons. The third kappa shape index (κ3) is 4.00. The molecule has 0 aliphatic heterocycles. The zero-order chi connectivity index (χ0) is 15.8. The van der Waals surface area contributed by atoms with Gasteiger partial charge in [0.05, 0.1) is 25.2 Å². The zero-order valence-corrected chi connectivity index (χ0v) is 12.3. The predicted octanol–water partition coefficient (Wildman–Crippen LogP) is -0.540. The van der Waals surface area contributed by atoms with E-state index in [4.69, 9.17) is 9.84 Å². The Balaban J connectivity index is 2.26. The second-order valence-corrected chi connectivity index (χ2v) is 4.37. The number of rotatable bonds is 8. The Kier molecular flexibility index (Phi) is 5.81. The van der Waals surface area contributed by atoms with E-state index in [0.717, 1.165) is 0 Å². The van der Waals surface area contributed by atoms with E-state index in [1.165, 1.54) is 0 Å². The van der Waals surface area contributed by atoms with E-state index in [1.807, 2.05) is 0 Å². The Labute approximate surface area is 128 Å². The van der Waals surface area contributed by atoms with Crippen molar-refractivity contribution in [3.8, 4) is 5.95 Å². The van der Waals surface area contributed by atoms with Crippen molar-refractivity contribution in [2.75, 3.05) is 31.7 Å². The molecule has 0 spiro atoms. The number of aliphatic hydroxyl groups excluding tert-OH is 1. The predicted molar refractivity (Wildman–Crippen MR) is 85.0 cm³/mol. The van der Waals surface area contributed by atoms with Crippen LogP contribution in [0.4, 0.5) is 5.82 Å². The van der Waals surface area contributed by atoms with Crippen molar-refractivity contribution in [1.82, 2.24) is 19.5 Å². The number of nitrogens with zero attached hydrogens (tertiary/aromatic N) is 4. The molecule has 0 bridgehead atoms. The molecule has 0 saturated heterocycles. The molecule has 2 N–H and O–H groups in total. The van der Waals surface area contributed by atoms with E-state index in [-0.39, 0.29) is 6.61 Å². The van der Waals surface area contributed by atoms with Crippen molar-refractivity contribution in [2.45, 2.75) is 0 Å². The lowest BCUT2D eigenvalue weighted by atomic mass is 10.3. The van der Waals surface area contributed by atoms with E-state index in [1.54, 1.807) is 35.4 Å². The summed E-state index contributed by atoms with van der Waals surface area (Å²) < 4.78 is 6.92. The van der Waals surface area contributed by atoms with Crippen LogP contribution in [-0.4, -0.2) is 51.0 Å². The molecule has 0 aliphatic carbocycles. The highest BCUT2D eigenvalue weighted by molar-refractivity contribution is 5.44. The largest absolute Gasteiger partial charge is 0.394 e. The first-order chi connectivity index (χ1) is 10.8. The van der Waals surface area contributed by atoms with Crippen LogP contribution in [0.25, 0.3) is 18.6 Å². The first-order valence-corrected chi connectivity index (χ1v) is 6.87. The molecule has 0 aromatic carbocycles. The van der Waals surface area contributed by atoms with Gasteiger partial charge in [0, 0.05) is 24.2 Å². The topological polar surface area (TPSA) is 85.1 Å². The summed E-state index contributed by atoms with van der Waals surface area (Å²) in [7, 11) is 0. The van der Waals surface area contributed by atoms with Crippen LogP contribution in [0, 0.1) is 0 Å². The highest BCUT2D eigenvalue weighted by Crippen LogP contribution is 1.99. The van der Waals surface area contributed by atoms with Gasteiger partial charge < -0.3 is 15.2 Å². The summed E-state index contributed by atoms with van der Waals surface area (Å²) in [4.78, 5) is 12.9. The highest BCUT2D eigenvalue weighted by atomic mass is 16.5. The van der Waals surface area contributed by atoms with E-state index in [2.05, 4.69) is 33.4 Å². The van der Waals surface area contributed by atoms with Gasteiger partial charge in [0.25, 0.3) is 0 Å². The number of nitrogens with one attached hydrogen (secondary N) is 1. The van der Waals surface area contributed by atoms with Gasteiger partial charge in [0.2, 0.25) is 5.95 Å². The smallest absolute Gasteiger partial charge is 0.237 e. The number of hydrogen-bond donors (Lipinski definition) is 2. The highest BCUT2D eigenvalue weighted by Gasteiger charge is 2.05. The Morgan fingerprint density at radius 2 is 2.23 bits per heavy atom. The average molecular weight is 301 g/mol. The number of imidazole rings is 1. The lowest BCUT2D eigenvalue weighted by Gasteiger charge is -2.09. The van der Waals surface area contributed by atoms with Crippen LogP contribution in [0.1, 0.15) is 0 Å². The number of allylic oxidation sites excluding steroid dienone is 1. The Morgan fingerprint density at radius 1 is 1.36 bits per heavy atom. The fraction of sp³-hybridized carbons (Fsp3) is 0.267. The van der Waals surface area contributed by atoms with Crippen LogP contribution in [0.5, 0.6) is 0 Å². The van der Waals surface area contributed by atoms with E-state index in [9.17, 15) is 0 Å². The summed E-state index contributed by atoms with van der Waals surface area (Å²) in [5, 5.41) is 13.2. The molecule has 2 aromatic heterocycles. The normalized spacial score (nSPS) is 11.6. The first kappa shape index (κ1) is 15.9. The first-order valence-electron chi connectivity index (χ1n) is 6.87. The summed E-state index contributed by atoms with van der Waals surface area (Å²) >= 11 is 0. The minimum Gasteiger partial charge on any atom is -0.394 e. The molecular weight excluding hydrogens is 282 g/mol. The molecule has 0 radical (unpaired) electrons. The van der Waals surface area contributed by atoms with E-state index in [0.29, 0.717) is 42.1 Å². The summed E-state index contributed by atoms with van der Waals surface area (Å²) in [6.45, 7) is 9.04. The molecule has 2 aromatic rings. The summed E-state index contributed by atoms with van der Waals surface area (Å²) in [5.74, 6) is 1.12. The SMILES string of the molecule is C=C/C=c1/nc(-n2ccnc2)nc(NCCOCCO)c1=C. The third-order valence-corrected chi connectivity index (χ3v) is 2.81. The van der Waals surface area contributed by atoms with Gasteiger partial charge in [-0.1, -0.05) is 19.2 Å². The van der Waals surface area contributed by atoms with Crippen LogP contribution in [0.2, 0.25) is 0 Å². The molecule has 0 fully saturated rings. The Morgan fingerprint density at radius 3 is 2.91 bits per heavy atom. The number of aromatic nitrogens is 4. The van der Waals surface area contributed by atoms with Gasteiger partial charge in [-0.3, -0.25) is 4.57 Å². The van der Waals surface area contributed by atoms with Crippen molar-refractivity contribution in [3.63, 3.8) is 0 Å². The minimum atomic E-state index is 0.0112. The second-order valence-electron chi connectivity index (χ2n) is 4.37. The molecule has 0 saturated carbocycles. The number of aliphatic hydroxyl groups is 1. The van der Waals surface area contributed by atoms with Crippen LogP contribution in [-0.2, 0) is 4.74 Å². The van der Waals surface area contributed by atoms with Crippen molar-refractivity contribution < 1.29 is 9.84 Å². The van der Waals surface area contributed by atoms with Gasteiger partial charge in [-0.15, -0.1) is 0 Å². The number of ether oxygens (including phenoxy) is 1. The minimum absolute atomic E-state index is 0.0112.